The van der Waals surface area contributed by atoms with E-state index < -0.39 is 0 Å². The third-order valence-electron chi connectivity index (χ3n) is 2.73. The SMILES string of the molecule is CN(C)CCc1ccc2c(c1)NCC2. The Kier molecular flexibility index (Phi) is 2.73. The van der Waals surface area contributed by atoms with E-state index in [2.05, 4.69) is 42.5 Å². The molecule has 1 aliphatic heterocycles. The molecule has 0 atom stereocenters. The van der Waals surface area contributed by atoms with Crippen LogP contribution in [0.15, 0.2) is 18.2 Å². The molecule has 2 heteroatoms. The Balaban J connectivity index is 2.05. The molecule has 0 fully saturated rings. The zero-order valence-corrected chi connectivity index (χ0v) is 9.01. The van der Waals surface area contributed by atoms with E-state index in [1.165, 1.54) is 23.2 Å². The topological polar surface area (TPSA) is 15.3 Å². The molecule has 2 nitrogen and oxygen atoms in total. The highest BCUT2D eigenvalue weighted by atomic mass is 15.0. The van der Waals surface area contributed by atoms with E-state index >= 15 is 0 Å². The lowest BCUT2D eigenvalue weighted by Gasteiger charge is -2.10. The summed E-state index contributed by atoms with van der Waals surface area (Å²) in [5.74, 6) is 0. The number of hydrogen-bond donors (Lipinski definition) is 1. The predicted octanol–water partition coefficient (Wildman–Crippen LogP) is 1.76. The molecule has 0 saturated heterocycles. The standard InChI is InChI=1S/C12H18N2/c1-14(2)8-6-10-3-4-11-5-7-13-12(11)9-10/h3-4,9,13H,5-8H2,1-2H3. The van der Waals surface area contributed by atoms with Gasteiger partial charge in [-0.2, -0.15) is 0 Å². The summed E-state index contributed by atoms with van der Waals surface area (Å²) in [4.78, 5) is 2.22. The minimum atomic E-state index is 1.10. The second-order valence-electron chi connectivity index (χ2n) is 4.22. The van der Waals surface area contributed by atoms with Crippen LogP contribution in [0.4, 0.5) is 5.69 Å². The van der Waals surface area contributed by atoms with E-state index in [0.717, 1.165) is 19.5 Å². The zero-order valence-electron chi connectivity index (χ0n) is 9.01. The molecular weight excluding hydrogens is 172 g/mol. The fraction of sp³-hybridized carbons (Fsp3) is 0.500. The van der Waals surface area contributed by atoms with Crippen molar-refractivity contribution in [3.63, 3.8) is 0 Å². The number of nitrogens with zero attached hydrogens (tertiary/aromatic N) is 1. The van der Waals surface area contributed by atoms with Crippen molar-refractivity contribution in [2.24, 2.45) is 0 Å². The summed E-state index contributed by atoms with van der Waals surface area (Å²) in [5.41, 5.74) is 4.26. The number of anilines is 1. The Morgan fingerprint density at radius 1 is 1.36 bits per heavy atom. The molecule has 0 aromatic heterocycles. The van der Waals surface area contributed by atoms with E-state index in [-0.39, 0.29) is 0 Å². The number of benzene rings is 1. The van der Waals surface area contributed by atoms with E-state index in [9.17, 15) is 0 Å². The molecular formula is C12H18N2. The van der Waals surface area contributed by atoms with Crippen molar-refractivity contribution in [3.8, 4) is 0 Å². The van der Waals surface area contributed by atoms with Crippen LogP contribution in [-0.2, 0) is 12.8 Å². The minimum Gasteiger partial charge on any atom is -0.384 e. The van der Waals surface area contributed by atoms with Crippen LogP contribution in [-0.4, -0.2) is 32.1 Å². The summed E-state index contributed by atoms with van der Waals surface area (Å²) in [6, 6.07) is 6.82. The molecule has 1 aromatic carbocycles. The van der Waals surface area contributed by atoms with Crippen LogP contribution in [0.2, 0.25) is 0 Å². The average molecular weight is 190 g/mol. The fourth-order valence-corrected chi connectivity index (χ4v) is 1.85. The van der Waals surface area contributed by atoms with E-state index in [0.29, 0.717) is 0 Å². The highest BCUT2D eigenvalue weighted by molar-refractivity contribution is 5.57. The first-order valence-electron chi connectivity index (χ1n) is 5.26. The quantitative estimate of drug-likeness (QED) is 0.781. The molecule has 14 heavy (non-hydrogen) atoms. The van der Waals surface area contributed by atoms with Gasteiger partial charge in [0.1, 0.15) is 0 Å². The van der Waals surface area contributed by atoms with Gasteiger partial charge in [0, 0.05) is 18.8 Å². The van der Waals surface area contributed by atoms with Crippen LogP contribution in [0.1, 0.15) is 11.1 Å². The molecule has 0 amide bonds. The number of rotatable bonds is 3. The first-order valence-corrected chi connectivity index (χ1v) is 5.26. The molecule has 1 aliphatic rings. The maximum Gasteiger partial charge on any atom is 0.0376 e. The second-order valence-corrected chi connectivity index (χ2v) is 4.22. The molecule has 0 saturated carbocycles. The monoisotopic (exact) mass is 190 g/mol. The molecule has 0 radical (unpaired) electrons. The normalized spacial score (nSPS) is 14.2. The van der Waals surface area contributed by atoms with Gasteiger partial charge in [-0.15, -0.1) is 0 Å². The highest BCUT2D eigenvalue weighted by Gasteiger charge is 2.09. The van der Waals surface area contributed by atoms with Crippen molar-refractivity contribution >= 4 is 5.69 Å². The molecule has 1 heterocycles. The smallest absolute Gasteiger partial charge is 0.0376 e. The maximum atomic E-state index is 3.41. The van der Waals surface area contributed by atoms with E-state index in [4.69, 9.17) is 0 Å². The summed E-state index contributed by atoms with van der Waals surface area (Å²) in [5, 5.41) is 3.41. The Labute approximate surface area is 85.9 Å². The Morgan fingerprint density at radius 3 is 3.00 bits per heavy atom. The zero-order chi connectivity index (χ0) is 9.97. The van der Waals surface area contributed by atoms with Crippen LogP contribution in [0.5, 0.6) is 0 Å². The van der Waals surface area contributed by atoms with Gasteiger partial charge < -0.3 is 10.2 Å². The molecule has 76 valence electrons. The van der Waals surface area contributed by atoms with Crippen LogP contribution in [0.3, 0.4) is 0 Å². The largest absolute Gasteiger partial charge is 0.384 e. The summed E-state index contributed by atoms with van der Waals surface area (Å²) < 4.78 is 0. The molecule has 0 spiro atoms. The van der Waals surface area contributed by atoms with Crippen molar-refractivity contribution in [2.75, 3.05) is 32.5 Å². The van der Waals surface area contributed by atoms with Gasteiger partial charge in [0.05, 0.1) is 0 Å². The number of fused-ring (bicyclic) bond motifs is 1. The van der Waals surface area contributed by atoms with Gasteiger partial charge in [-0.25, -0.2) is 0 Å². The Hall–Kier alpha value is -1.02. The summed E-state index contributed by atoms with van der Waals surface area (Å²) in [6.45, 7) is 2.23. The van der Waals surface area contributed by atoms with Crippen LogP contribution >= 0.6 is 0 Å². The van der Waals surface area contributed by atoms with Gasteiger partial charge in [0.2, 0.25) is 0 Å². The van der Waals surface area contributed by atoms with Gasteiger partial charge in [-0.3, -0.25) is 0 Å². The molecule has 2 rings (SSSR count). The third kappa shape index (κ3) is 2.07. The summed E-state index contributed by atoms with van der Waals surface area (Å²) in [6.07, 6.45) is 2.32. The van der Waals surface area contributed by atoms with Gasteiger partial charge in [-0.1, -0.05) is 12.1 Å². The van der Waals surface area contributed by atoms with Gasteiger partial charge >= 0.3 is 0 Å². The molecule has 1 aromatic rings. The molecule has 0 bridgehead atoms. The fourth-order valence-electron chi connectivity index (χ4n) is 1.85. The lowest BCUT2D eigenvalue weighted by atomic mass is 10.1. The van der Waals surface area contributed by atoms with Crippen LogP contribution < -0.4 is 5.32 Å². The van der Waals surface area contributed by atoms with Gasteiger partial charge in [0.25, 0.3) is 0 Å². The maximum absolute atomic E-state index is 3.41. The molecule has 1 N–H and O–H groups in total. The Bertz CT molecular complexity index is 318. The van der Waals surface area contributed by atoms with Gasteiger partial charge in [0.15, 0.2) is 0 Å². The predicted molar refractivity (Wildman–Crippen MR) is 60.9 cm³/mol. The van der Waals surface area contributed by atoms with E-state index in [1.807, 2.05) is 0 Å². The van der Waals surface area contributed by atoms with Crippen molar-refractivity contribution in [3.05, 3.63) is 29.3 Å². The van der Waals surface area contributed by atoms with Crippen LogP contribution in [0.25, 0.3) is 0 Å². The lowest BCUT2D eigenvalue weighted by molar-refractivity contribution is 0.413. The van der Waals surface area contributed by atoms with Gasteiger partial charge in [-0.05, 0) is 44.1 Å². The minimum absolute atomic E-state index is 1.10. The first-order chi connectivity index (χ1) is 6.75. The summed E-state index contributed by atoms with van der Waals surface area (Å²) in [7, 11) is 4.23. The third-order valence-corrected chi connectivity index (χ3v) is 2.73. The second kappa shape index (κ2) is 4.01. The lowest BCUT2D eigenvalue weighted by Crippen LogP contribution is -2.15. The number of hydrogen-bond acceptors (Lipinski definition) is 2. The first kappa shape index (κ1) is 9.53. The van der Waals surface area contributed by atoms with Crippen molar-refractivity contribution in [1.82, 2.24) is 4.90 Å². The van der Waals surface area contributed by atoms with Crippen LogP contribution in [0, 0.1) is 0 Å². The molecule has 0 aliphatic carbocycles. The van der Waals surface area contributed by atoms with Crippen molar-refractivity contribution in [2.45, 2.75) is 12.8 Å². The average Bonchev–Trinajstić information content (AvgIpc) is 2.61. The molecule has 0 unspecified atom stereocenters. The van der Waals surface area contributed by atoms with E-state index in [1.54, 1.807) is 0 Å². The van der Waals surface area contributed by atoms with Crippen molar-refractivity contribution < 1.29 is 0 Å². The summed E-state index contributed by atoms with van der Waals surface area (Å²) >= 11 is 0. The Morgan fingerprint density at radius 2 is 2.21 bits per heavy atom. The number of likely N-dealkylation sites (N-methyl/N-ethyl adjacent to an activating group) is 1. The van der Waals surface area contributed by atoms with Crippen molar-refractivity contribution in [1.29, 1.82) is 0 Å². The number of nitrogens with one attached hydrogen (secondary N) is 1. The highest BCUT2D eigenvalue weighted by Crippen LogP contribution is 2.23.